The summed E-state index contributed by atoms with van der Waals surface area (Å²) in [5.41, 5.74) is -0.201. The van der Waals surface area contributed by atoms with Crippen LogP contribution < -0.4 is 10.6 Å². The minimum Gasteiger partial charge on any atom is -0.468 e. The van der Waals surface area contributed by atoms with Gasteiger partial charge in [-0.05, 0) is 6.07 Å². The Bertz CT molecular complexity index is 435. The van der Waals surface area contributed by atoms with E-state index in [9.17, 15) is 14.9 Å². The molecule has 0 saturated heterocycles. The standard InChI is InChI=1S/C9H12N4O4/c1-10-7-4-3-6(13(15)16)9(12-7)11-5-8(14)17-2/h3-4H,5H2,1-2H3,(H2,10,11,12). The van der Waals surface area contributed by atoms with E-state index in [1.54, 1.807) is 7.05 Å². The Morgan fingerprint density at radius 3 is 2.82 bits per heavy atom. The highest BCUT2D eigenvalue weighted by Gasteiger charge is 2.16. The number of pyridine rings is 1. The normalized spacial score (nSPS) is 9.53. The Morgan fingerprint density at radius 1 is 1.59 bits per heavy atom. The molecule has 1 heterocycles. The Balaban J connectivity index is 2.93. The molecule has 92 valence electrons. The molecule has 1 rings (SSSR count). The minimum atomic E-state index is -0.577. The molecule has 0 fully saturated rings. The number of nitro groups is 1. The first-order chi connectivity index (χ1) is 8.08. The van der Waals surface area contributed by atoms with E-state index in [1.165, 1.54) is 19.2 Å². The molecule has 0 aliphatic heterocycles. The molecule has 0 aliphatic rings. The van der Waals surface area contributed by atoms with E-state index < -0.39 is 10.9 Å². The van der Waals surface area contributed by atoms with Gasteiger partial charge in [-0.2, -0.15) is 0 Å². The fraction of sp³-hybridized carbons (Fsp3) is 0.333. The molecular weight excluding hydrogens is 228 g/mol. The van der Waals surface area contributed by atoms with E-state index in [1.807, 2.05) is 0 Å². The van der Waals surface area contributed by atoms with Crippen molar-refractivity contribution in [1.82, 2.24) is 4.98 Å². The number of nitrogens with zero attached hydrogens (tertiary/aromatic N) is 2. The fourth-order valence-corrected chi connectivity index (χ4v) is 1.10. The maximum atomic E-state index is 10.9. The van der Waals surface area contributed by atoms with E-state index in [-0.39, 0.29) is 18.1 Å². The van der Waals surface area contributed by atoms with Gasteiger partial charge < -0.3 is 15.4 Å². The largest absolute Gasteiger partial charge is 0.468 e. The summed E-state index contributed by atoms with van der Waals surface area (Å²) < 4.78 is 4.41. The maximum absolute atomic E-state index is 10.9. The van der Waals surface area contributed by atoms with E-state index >= 15 is 0 Å². The lowest BCUT2D eigenvalue weighted by molar-refractivity contribution is -0.384. The van der Waals surface area contributed by atoms with Gasteiger partial charge in [-0.15, -0.1) is 0 Å². The van der Waals surface area contributed by atoms with Gasteiger partial charge >= 0.3 is 11.7 Å². The molecule has 0 spiro atoms. The van der Waals surface area contributed by atoms with Crippen LogP contribution in [0.3, 0.4) is 0 Å². The first-order valence-electron chi connectivity index (χ1n) is 4.72. The zero-order valence-corrected chi connectivity index (χ0v) is 9.39. The van der Waals surface area contributed by atoms with Gasteiger partial charge in [0.1, 0.15) is 12.4 Å². The van der Waals surface area contributed by atoms with Crippen LogP contribution in [0, 0.1) is 10.1 Å². The third-order valence-electron chi connectivity index (χ3n) is 1.95. The van der Waals surface area contributed by atoms with Gasteiger partial charge in [0.2, 0.25) is 5.82 Å². The lowest BCUT2D eigenvalue weighted by Gasteiger charge is -2.06. The van der Waals surface area contributed by atoms with Crippen molar-refractivity contribution in [3.63, 3.8) is 0 Å². The SMILES string of the molecule is CNc1ccc([N+](=O)[O-])c(NCC(=O)OC)n1. The second kappa shape index (κ2) is 5.64. The molecule has 0 aliphatic carbocycles. The molecule has 8 heteroatoms. The molecule has 0 aromatic carbocycles. The number of hydrogen-bond donors (Lipinski definition) is 2. The smallest absolute Gasteiger partial charge is 0.325 e. The van der Waals surface area contributed by atoms with E-state index in [4.69, 9.17) is 0 Å². The molecule has 1 aromatic heterocycles. The number of ether oxygens (including phenoxy) is 1. The average molecular weight is 240 g/mol. The van der Waals surface area contributed by atoms with Crippen LogP contribution >= 0.6 is 0 Å². The van der Waals surface area contributed by atoms with Gasteiger partial charge in [0.05, 0.1) is 12.0 Å². The Hall–Kier alpha value is -2.38. The minimum absolute atomic E-state index is 0.0206. The Labute approximate surface area is 97.1 Å². The van der Waals surface area contributed by atoms with Gasteiger partial charge in [0, 0.05) is 13.1 Å². The number of nitrogens with one attached hydrogen (secondary N) is 2. The van der Waals surface area contributed by atoms with Gasteiger partial charge in [0.15, 0.2) is 0 Å². The zero-order chi connectivity index (χ0) is 12.8. The van der Waals surface area contributed by atoms with Crippen molar-refractivity contribution in [2.45, 2.75) is 0 Å². The lowest BCUT2D eigenvalue weighted by Crippen LogP contribution is -2.16. The zero-order valence-electron chi connectivity index (χ0n) is 9.39. The highest BCUT2D eigenvalue weighted by molar-refractivity contribution is 5.75. The van der Waals surface area contributed by atoms with Crippen LogP contribution in [-0.4, -0.2) is 36.6 Å². The van der Waals surface area contributed by atoms with Crippen LogP contribution in [0.25, 0.3) is 0 Å². The monoisotopic (exact) mass is 240 g/mol. The topological polar surface area (TPSA) is 106 Å². The average Bonchev–Trinajstić information content (AvgIpc) is 2.35. The molecule has 8 nitrogen and oxygen atoms in total. The molecule has 1 aromatic rings. The number of esters is 1. The van der Waals surface area contributed by atoms with Crippen LogP contribution in [-0.2, 0) is 9.53 Å². The summed E-state index contributed by atoms with van der Waals surface area (Å²) >= 11 is 0. The van der Waals surface area contributed by atoms with E-state index in [0.29, 0.717) is 5.82 Å². The highest BCUT2D eigenvalue weighted by atomic mass is 16.6. The van der Waals surface area contributed by atoms with E-state index in [2.05, 4.69) is 20.4 Å². The number of methoxy groups -OCH3 is 1. The van der Waals surface area contributed by atoms with E-state index in [0.717, 1.165) is 0 Å². The maximum Gasteiger partial charge on any atom is 0.325 e. The third-order valence-corrected chi connectivity index (χ3v) is 1.95. The summed E-state index contributed by atoms with van der Waals surface area (Å²) in [5, 5.41) is 16.0. The van der Waals surface area contributed by atoms with Gasteiger partial charge in [-0.3, -0.25) is 14.9 Å². The van der Waals surface area contributed by atoms with Gasteiger partial charge in [-0.1, -0.05) is 0 Å². The van der Waals surface area contributed by atoms with Crippen molar-refractivity contribution in [3.8, 4) is 0 Å². The summed E-state index contributed by atoms with van der Waals surface area (Å²) in [6.45, 7) is -0.183. The summed E-state index contributed by atoms with van der Waals surface area (Å²) in [6.07, 6.45) is 0. The van der Waals surface area contributed by atoms with Crippen LogP contribution in [0.2, 0.25) is 0 Å². The molecule has 0 saturated carbocycles. The predicted octanol–water partition coefficient (Wildman–Crippen LogP) is 0.616. The first-order valence-corrected chi connectivity index (χ1v) is 4.72. The predicted molar refractivity (Wildman–Crippen MR) is 60.9 cm³/mol. The summed E-state index contributed by atoms with van der Waals surface area (Å²) in [4.78, 5) is 25.0. The van der Waals surface area contributed by atoms with Crippen molar-refractivity contribution in [1.29, 1.82) is 0 Å². The van der Waals surface area contributed by atoms with Crippen molar-refractivity contribution in [2.24, 2.45) is 0 Å². The fourth-order valence-electron chi connectivity index (χ4n) is 1.10. The Kier molecular flexibility index (Phi) is 4.21. The summed E-state index contributed by atoms with van der Waals surface area (Å²) in [7, 11) is 2.87. The number of rotatable bonds is 5. The molecule has 0 unspecified atom stereocenters. The number of anilines is 2. The van der Waals surface area contributed by atoms with Crippen LogP contribution in [0.15, 0.2) is 12.1 Å². The van der Waals surface area contributed by atoms with Gasteiger partial charge in [-0.25, -0.2) is 4.98 Å². The van der Waals surface area contributed by atoms with Gasteiger partial charge in [0.25, 0.3) is 0 Å². The number of carbonyl (C=O) groups excluding carboxylic acids is 1. The van der Waals surface area contributed by atoms with Crippen LogP contribution in [0.5, 0.6) is 0 Å². The summed E-state index contributed by atoms with van der Waals surface area (Å²) in [5.74, 6) is -0.0498. The van der Waals surface area contributed by atoms with Crippen molar-refractivity contribution < 1.29 is 14.5 Å². The highest BCUT2D eigenvalue weighted by Crippen LogP contribution is 2.23. The summed E-state index contributed by atoms with van der Waals surface area (Å²) in [6, 6.07) is 2.78. The van der Waals surface area contributed by atoms with Crippen molar-refractivity contribution in [2.75, 3.05) is 31.3 Å². The first kappa shape index (κ1) is 12.7. The number of carbonyl (C=O) groups is 1. The second-order valence-electron chi connectivity index (χ2n) is 3.00. The third kappa shape index (κ3) is 3.30. The van der Waals surface area contributed by atoms with Crippen molar-refractivity contribution >= 4 is 23.3 Å². The molecule has 0 radical (unpaired) electrons. The van der Waals surface area contributed by atoms with Crippen LogP contribution in [0.4, 0.5) is 17.3 Å². The Morgan fingerprint density at radius 2 is 2.29 bits per heavy atom. The van der Waals surface area contributed by atoms with Crippen molar-refractivity contribution in [3.05, 3.63) is 22.2 Å². The quantitative estimate of drug-likeness (QED) is 0.441. The molecule has 0 amide bonds. The number of aromatic nitrogens is 1. The van der Waals surface area contributed by atoms with Crippen LogP contribution in [0.1, 0.15) is 0 Å². The molecule has 2 N–H and O–H groups in total. The molecule has 17 heavy (non-hydrogen) atoms. The molecule has 0 atom stereocenters. The second-order valence-corrected chi connectivity index (χ2v) is 3.00. The molecule has 0 bridgehead atoms. The number of hydrogen-bond acceptors (Lipinski definition) is 7. The lowest BCUT2D eigenvalue weighted by atomic mass is 10.3. The molecular formula is C9H12N4O4.